The molecule has 2 aliphatic rings. The number of benzene rings is 1. The molecule has 1 spiro atoms. The number of hydrogen-bond donors (Lipinski definition) is 2. The van der Waals surface area contributed by atoms with Crippen molar-refractivity contribution in [1.29, 1.82) is 0 Å². The zero-order valence-corrected chi connectivity index (χ0v) is 17.9. The second-order valence-corrected chi connectivity index (χ2v) is 9.98. The van der Waals surface area contributed by atoms with Gasteiger partial charge in [0.05, 0.1) is 12.4 Å². The summed E-state index contributed by atoms with van der Waals surface area (Å²) in [5, 5.41) is 3.43. The predicted octanol–water partition coefficient (Wildman–Crippen LogP) is 1.70. The lowest BCUT2D eigenvalue weighted by Gasteiger charge is -2.25. The molecule has 0 amide bonds. The van der Waals surface area contributed by atoms with Crippen molar-refractivity contribution in [3.8, 4) is 0 Å². The molecule has 2 heterocycles. The molecule has 0 radical (unpaired) electrons. The Balaban J connectivity index is 1.53. The van der Waals surface area contributed by atoms with E-state index < -0.39 is 10.0 Å². The topological polar surface area (TPSA) is 83.0 Å². The Kier molecular flexibility index (Phi) is 6.62. The molecule has 0 bridgehead atoms. The molecule has 0 aliphatic carbocycles. The van der Waals surface area contributed by atoms with Crippen molar-refractivity contribution in [2.75, 3.05) is 33.4 Å². The van der Waals surface area contributed by atoms with E-state index in [0.717, 1.165) is 56.2 Å². The van der Waals surface area contributed by atoms with Gasteiger partial charge in [-0.05, 0) is 37.8 Å². The van der Waals surface area contributed by atoms with Crippen LogP contribution in [0.15, 0.2) is 29.3 Å². The van der Waals surface area contributed by atoms with Crippen LogP contribution in [0.25, 0.3) is 0 Å². The second kappa shape index (κ2) is 8.80. The molecule has 1 atom stereocenters. The van der Waals surface area contributed by atoms with Crippen molar-refractivity contribution in [3.05, 3.63) is 35.4 Å². The number of nitrogens with zero attached hydrogens (tertiary/aromatic N) is 2. The monoisotopic (exact) mass is 408 g/mol. The first kappa shape index (κ1) is 21.1. The van der Waals surface area contributed by atoms with Gasteiger partial charge in [-0.1, -0.05) is 24.3 Å². The maximum Gasteiger partial charge on any atom is 0.216 e. The summed E-state index contributed by atoms with van der Waals surface area (Å²) in [6.07, 6.45) is 2.29. The smallest absolute Gasteiger partial charge is 0.216 e. The van der Waals surface area contributed by atoms with Crippen molar-refractivity contribution in [3.63, 3.8) is 0 Å². The number of nitrogens with one attached hydrogen (secondary N) is 2. The van der Waals surface area contributed by atoms with Crippen molar-refractivity contribution in [2.45, 2.75) is 45.0 Å². The lowest BCUT2D eigenvalue weighted by Crippen LogP contribution is -2.41. The Hall–Kier alpha value is -1.64. The summed E-state index contributed by atoms with van der Waals surface area (Å²) in [5.41, 5.74) is 2.18. The van der Waals surface area contributed by atoms with Gasteiger partial charge in [0.1, 0.15) is 0 Å². The molecular formula is C20H32N4O3S. The van der Waals surface area contributed by atoms with Crippen LogP contribution in [0.1, 0.15) is 37.8 Å². The largest absolute Gasteiger partial charge is 0.381 e. The van der Waals surface area contributed by atoms with Crippen LogP contribution in [-0.4, -0.2) is 58.7 Å². The third kappa shape index (κ3) is 5.46. The van der Waals surface area contributed by atoms with Gasteiger partial charge in [0.25, 0.3) is 0 Å². The van der Waals surface area contributed by atoms with E-state index in [9.17, 15) is 8.42 Å². The van der Waals surface area contributed by atoms with Crippen LogP contribution in [0.3, 0.4) is 0 Å². The van der Waals surface area contributed by atoms with Gasteiger partial charge in [-0.3, -0.25) is 4.99 Å². The zero-order chi connectivity index (χ0) is 20.2. The van der Waals surface area contributed by atoms with Crippen molar-refractivity contribution in [2.24, 2.45) is 10.4 Å². The van der Waals surface area contributed by atoms with E-state index in [-0.39, 0.29) is 11.8 Å². The number of likely N-dealkylation sites (tertiary alicyclic amines) is 1. The molecule has 2 saturated heterocycles. The van der Waals surface area contributed by atoms with E-state index >= 15 is 0 Å². The molecule has 1 aromatic rings. The minimum Gasteiger partial charge on any atom is -0.381 e. The Morgan fingerprint density at radius 2 is 1.96 bits per heavy atom. The number of ether oxygens (including phenoxy) is 1. The number of aliphatic imine (C=N–C) groups is 1. The molecule has 0 aromatic heterocycles. The second-order valence-electron chi connectivity index (χ2n) is 8.22. The zero-order valence-electron chi connectivity index (χ0n) is 17.1. The molecule has 156 valence electrons. The highest BCUT2D eigenvalue weighted by Gasteiger charge is 2.42. The first-order valence-corrected chi connectivity index (χ1v) is 11.6. The van der Waals surface area contributed by atoms with Crippen molar-refractivity contribution >= 4 is 16.0 Å². The predicted molar refractivity (Wildman–Crippen MR) is 112 cm³/mol. The fraction of sp³-hybridized carbons (Fsp3) is 0.650. The normalized spacial score (nSPS) is 23.1. The quantitative estimate of drug-likeness (QED) is 0.553. The average Bonchev–Trinajstić information content (AvgIpc) is 3.26. The lowest BCUT2D eigenvalue weighted by molar-refractivity contribution is 0.156. The fourth-order valence-corrected chi connectivity index (χ4v) is 5.41. The summed E-state index contributed by atoms with van der Waals surface area (Å²) < 4.78 is 32.3. The Morgan fingerprint density at radius 3 is 2.57 bits per heavy atom. The molecule has 28 heavy (non-hydrogen) atoms. The minimum absolute atomic E-state index is 0.00150. The molecule has 2 N–H and O–H groups in total. The maximum atomic E-state index is 12.0. The van der Waals surface area contributed by atoms with E-state index in [1.165, 1.54) is 0 Å². The van der Waals surface area contributed by atoms with Crippen LogP contribution < -0.4 is 10.0 Å². The van der Waals surface area contributed by atoms with Gasteiger partial charge >= 0.3 is 0 Å². The molecule has 2 aliphatic heterocycles. The molecule has 0 saturated carbocycles. The van der Waals surface area contributed by atoms with Crippen LogP contribution in [0, 0.1) is 5.41 Å². The van der Waals surface area contributed by atoms with E-state index in [0.29, 0.717) is 12.0 Å². The Morgan fingerprint density at radius 1 is 1.25 bits per heavy atom. The molecule has 8 heteroatoms. The summed E-state index contributed by atoms with van der Waals surface area (Å²) in [7, 11) is -1.49. The first-order chi connectivity index (χ1) is 13.3. The first-order valence-electron chi connectivity index (χ1n) is 9.92. The van der Waals surface area contributed by atoms with E-state index in [2.05, 4.69) is 19.9 Å². The summed E-state index contributed by atoms with van der Waals surface area (Å²) in [6.45, 7) is 8.02. The number of hydrogen-bond acceptors (Lipinski definition) is 4. The highest BCUT2D eigenvalue weighted by molar-refractivity contribution is 7.88. The van der Waals surface area contributed by atoms with Gasteiger partial charge in [-0.25, -0.2) is 13.1 Å². The Bertz CT molecular complexity index is 784. The molecule has 3 rings (SSSR count). The van der Waals surface area contributed by atoms with E-state index in [1.54, 1.807) is 0 Å². The van der Waals surface area contributed by atoms with Crippen LogP contribution in [0.5, 0.6) is 0 Å². The fourth-order valence-electron chi connectivity index (χ4n) is 3.97. The summed E-state index contributed by atoms with van der Waals surface area (Å²) in [5.74, 6) is 0.912. The summed E-state index contributed by atoms with van der Waals surface area (Å²) in [4.78, 5) is 6.75. The third-order valence-electron chi connectivity index (χ3n) is 5.38. The minimum atomic E-state index is -3.30. The highest BCUT2D eigenvalue weighted by atomic mass is 32.2. The van der Waals surface area contributed by atoms with Gasteiger partial charge in [0.2, 0.25) is 10.0 Å². The molecule has 1 aromatic carbocycles. The van der Waals surface area contributed by atoms with Gasteiger partial charge in [-0.15, -0.1) is 0 Å². The standard InChI is InChI=1S/C20H32N4O3S/c1-16(2)23-28(25,26)13-18-6-4-17(5-7-18)12-22-19(21-3)24-10-8-20(14-24)9-11-27-15-20/h4-7,16,23H,8-15H2,1-3H3,(H,21,22). The molecule has 2 fully saturated rings. The summed E-state index contributed by atoms with van der Waals surface area (Å²) in [6, 6.07) is 7.59. The van der Waals surface area contributed by atoms with Crippen molar-refractivity contribution < 1.29 is 13.2 Å². The third-order valence-corrected chi connectivity index (χ3v) is 6.92. The van der Waals surface area contributed by atoms with Gasteiger partial charge < -0.3 is 15.0 Å². The van der Waals surface area contributed by atoms with Crippen LogP contribution >= 0.6 is 0 Å². The van der Waals surface area contributed by atoms with Crippen LogP contribution in [0.4, 0.5) is 0 Å². The SMILES string of the molecule is CN=C(NCc1ccc(CS(=O)(=O)NC(C)C)cc1)N1CCC2(CCOC2)C1. The summed E-state index contributed by atoms with van der Waals surface area (Å²) >= 11 is 0. The van der Waals surface area contributed by atoms with Gasteiger partial charge in [-0.2, -0.15) is 0 Å². The van der Waals surface area contributed by atoms with Gasteiger partial charge in [0, 0.05) is 44.7 Å². The lowest BCUT2D eigenvalue weighted by atomic mass is 9.87. The molecule has 1 unspecified atom stereocenters. The highest BCUT2D eigenvalue weighted by Crippen LogP contribution is 2.38. The average molecular weight is 409 g/mol. The number of guanidine groups is 1. The Labute approximate surface area is 168 Å². The van der Waals surface area contributed by atoms with Crippen molar-refractivity contribution in [1.82, 2.24) is 14.9 Å². The molecular weight excluding hydrogens is 376 g/mol. The van der Waals surface area contributed by atoms with Crippen LogP contribution in [0.2, 0.25) is 0 Å². The van der Waals surface area contributed by atoms with Gasteiger partial charge in [0.15, 0.2) is 5.96 Å². The van der Waals surface area contributed by atoms with E-state index in [1.807, 2.05) is 45.2 Å². The molecule has 7 nitrogen and oxygen atoms in total. The number of rotatable bonds is 6. The number of sulfonamides is 1. The van der Waals surface area contributed by atoms with Crippen LogP contribution in [-0.2, 0) is 27.1 Å². The van der Waals surface area contributed by atoms with E-state index in [4.69, 9.17) is 4.74 Å². The maximum absolute atomic E-state index is 12.0.